The average Bonchev–Trinajstić information content (AvgIpc) is 2.67. The van der Waals surface area contributed by atoms with Crippen molar-refractivity contribution in [1.82, 2.24) is 14.7 Å². The van der Waals surface area contributed by atoms with Gasteiger partial charge in [-0.1, -0.05) is 12.8 Å². The Morgan fingerprint density at radius 1 is 1.04 bits per heavy atom. The second-order valence-electron chi connectivity index (χ2n) is 8.28. The molecule has 2 N–H and O–H groups in total. The lowest BCUT2D eigenvalue weighted by atomic mass is 9.74. The van der Waals surface area contributed by atoms with Crippen molar-refractivity contribution < 1.29 is 14.3 Å². The Morgan fingerprint density at radius 2 is 1.69 bits per heavy atom. The first-order valence-electron chi connectivity index (χ1n) is 10.1. The molecule has 2 amide bonds. The first-order valence-corrected chi connectivity index (χ1v) is 10.1. The van der Waals surface area contributed by atoms with Gasteiger partial charge in [0.05, 0.1) is 25.2 Å². The summed E-state index contributed by atoms with van der Waals surface area (Å²) < 4.78 is 5.33. The minimum Gasteiger partial charge on any atom is -0.378 e. The summed E-state index contributed by atoms with van der Waals surface area (Å²) in [5.74, 6) is 0.326. The molecule has 0 spiro atoms. The van der Waals surface area contributed by atoms with E-state index in [-0.39, 0.29) is 29.3 Å². The van der Waals surface area contributed by atoms with E-state index in [1.807, 2.05) is 23.6 Å². The number of nitrogens with zero attached hydrogens (tertiary/aromatic N) is 3. The van der Waals surface area contributed by atoms with Gasteiger partial charge in [-0.15, -0.1) is 0 Å². The molecule has 0 radical (unpaired) electrons. The molecule has 2 heterocycles. The van der Waals surface area contributed by atoms with Gasteiger partial charge in [-0.25, -0.2) is 0 Å². The number of rotatable bonds is 3. The first-order chi connectivity index (χ1) is 12.4. The summed E-state index contributed by atoms with van der Waals surface area (Å²) >= 11 is 0. The Morgan fingerprint density at radius 3 is 2.31 bits per heavy atom. The van der Waals surface area contributed by atoms with Gasteiger partial charge in [-0.3, -0.25) is 14.5 Å². The summed E-state index contributed by atoms with van der Waals surface area (Å²) in [6.45, 7) is 9.48. The van der Waals surface area contributed by atoms with Crippen molar-refractivity contribution in [3.8, 4) is 0 Å². The Kier molecular flexibility index (Phi) is 6.20. The molecule has 0 aromatic heterocycles. The lowest BCUT2D eigenvalue weighted by molar-refractivity contribution is -0.144. The predicted octanol–water partition coefficient (Wildman–Crippen LogP) is 0.286. The number of nitrogens with two attached hydrogens (primary N) is 1. The number of hydrogen-bond donors (Lipinski definition) is 1. The lowest BCUT2D eigenvalue weighted by Gasteiger charge is -2.43. The Bertz CT molecular complexity index is 511. The van der Waals surface area contributed by atoms with Crippen molar-refractivity contribution in [3.05, 3.63) is 0 Å². The van der Waals surface area contributed by atoms with Gasteiger partial charge in [0.25, 0.3) is 0 Å². The van der Waals surface area contributed by atoms with Crippen LogP contribution in [-0.2, 0) is 14.3 Å². The number of hydrogen-bond acceptors (Lipinski definition) is 5. The van der Waals surface area contributed by atoms with Crippen molar-refractivity contribution in [2.45, 2.75) is 51.1 Å². The van der Waals surface area contributed by atoms with Crippen LogP contribution in [0.1, 0.15) is 39.5 Å². The van der Waals surface area contributed by atoms with E-state index in [9.17, 15) is 9.59 Å². The molecule has 3 unspecified atom stereocenters. The SMILES string of the molecule is CC(C(=O)N1CCOCC1)N1CCN(C(=O)C2CCCCC2(C)N)CC1. The third kappa shape index (κ3) is 4.21. The Labute approximate surface area is 156 Å². The second kappa shape index (κ2) is 8.23. The summed E-state index contributed by atoms with van der Waals surface area (Å²) in [6.07, 6.45) is 4.03. The fourth-order valence-corrected chi connectivity index (χ4v) is 4.52. The van der Waals surface area contributed by atoms with Gasteiger partial charge in [0.1, 0.15) is 0 Å². The van der Waals surface area contributed by atoms with Crippen LogP contribution in [0.5, 0.6) is 0 Å². The minimum atomic E-state index is -0.383. The van der Waals surface area contributed by atoms with E-state index in [0.717, 1.165) is 38.8 Å². The number of carbonyl (C=O) groups excluding carboxylic acids is 2. The van der Waals surface area contributed by atoms with E-state index in [4.69, 9.17) is 10.5 Å². The van der Waals surface area contributed by atoms with Crippen LogP contribution in [0.2, 0.25) is 0 Å². The quantitative estimate of drug-likeness (QED) is 0.776. The number of carbonyl (C=O) groups is 2. The van der Waals surface area contributed by atoms with Crippen molar-refractivity contribution in [2.75, 3.05) is 52.5 Å². The van der Waals surface area contributed by atoms with Gasteiger partial charge in [-0.05, 0) is 26.7 Å². The molecule has 0 aromatic rings. The molecule has 3 rings (SSSR count). The largest absolute Gasteiger partial charge is 0.378 e. The summed E-state index contributed by atoms with van der Waals surface area (Å²) in [7, 11) is 0. The zero-order valence-electron chi connectivity index (χ0n) is 16.3. The van der Waals surface area contributed by atoms with Crippen LogP contribution in [0.3, 0.4) is 0 Å². The van der Waals surface area contributed by atoms with Crippen molar-refractivity contribution in [3.63, 3.8) is 0 Å². The number of amides is 2. The van der Waals surface area contributed by atoms with Crippen LogP contribution >= 0.6 is 0 Å². The van der Waals surface area contributed by atoms with Crippen molar-refractivity contribution >= 4 is 11.8 Å². The number of piperazine rings is 1. The molecule has 1 aliphatic carbocycles. The normalized spacial score (nSPS) is 32.3. The number of ether oxygens (including phenoxy) is 1. The highest BCUT2D eigenvalue weighted by molar-refractivity contribution is 5.82. The summed E-state index contributed by atoms with van der Waals surface area (Å²) in [4.78, 5) is 31.7. The molecule has 2 saturated heterocycles. The molecular weight excluding hydrogens is 332 g/mol. The molecule has 3 atom stereocenters. The molecule has 3 fully saturated rings. The second-order valence-corrected chi connectivity index (χ2v) is 8.28. The Balaban J connectivity index is 1.51. The third-order valence-corrected chi connectivity index (χ3v) is 6.41. The van der Waals surface area contributed by atoms with Crippen LogP contribution in [0.15, 0.2) is 0 Å². The van der Waals surface area contributed by atoms with E-state index in [0.29, 0.717) is 39.4 Å². The third-order valence-electron chi connectivity index (χ3n) is 6.41. The van der Waals surface area contributed by atoms with Gasteiger partial charge in [-0.2, -0.15) is 0 Å². The summed E-state index contributed by atoms with van der Waals surface area (Å²) in [6, 6.07) is -0.139. The van der Waals surface area contributed by atoms with E-state index in [2.05, 4.69) is 4.90 Å². The van der Waals surface area contributed by atoms with Gasteiger partial charge >= 0.3 is 0 Å². The maximum absolute atomic E-state index is 13.0. The molecule has 2 aliphatic heterocycles. The Hall–Kier alpha value is -1.18. The van der Waals surface area contributed by atoms with E-state index in [1.54, 1.807) is 0 Å². The molecular formula is C19H34N4O3. The fraction of sp³-hybridized carbons (Fsp3) is 0.895. The first kappa shape index (κ1) is 19.6. The van der Waals surface area contributed by atoms with Crippen LogP contribution in [0.25, 0.3) is 0 Å². The van der Waals surface area contributed by atoms with Crippen LogP contribution < -0.4 is 5.73 Å². The molecule has 3 aliphatic rings. The maximum atomic E-state index is 13.0. The topological polar surface area (TPSA) is 79.1 Å². The molecule has 26 heavy (non-hydrogen) atoms. The van der Waals surface area contributed by atoms with Crippen LogP contribution in [-0.4, -0.2) is 90.6 Å². The van der Waals surface area contributed by atoms with E-state index in [1.165, 1.54) is 0 Å². The molecule has 7 heteroatoms. The highest BCUT2D eigenvalue weighted by atomic mass is 16.5. The molecule has 1 saturated carbocycles. The van der Waals surface area contributed by atoms with Gasteiger partial charge in [0.2, 0.25) is 11.8 Å². The molecule has 0 aromatic carbocycles. The molecule has 7 nitrogen and oxygen atoms in total. The fourth-order valence-electron chi connectivity index (χ4n) is 4.52. The predicted molar refractivity (Wildman–Crippen MR) is 99.6 cm³/mol. The molecule has 0 bridgehead atoms. The minimum absolute atomic E-state index is 0.0600. The van der Waals surface area contributed by atoms with Crippen LogP contribution in [0.4, 0.5) is 0 Å². The van der Waals surface area contributed by atoms with Crippen molar-refractivity contribution in [2.24, 2.45) is 11.7 Å². The lowest BCUT2D eigenvalue weighted by Crippen LogP contribution is -2.59. The highest BCUT2D eigenvalue weighted by Crippen LogP contribution is 2.33. The number of morpholine rings is 1. The van der Waals surface area contributed by atoms with E-state index < -0.39 is 0 Å². The summed E-state index contributed by atoms with van der Waals surface area (Å²) in [5, 5.41) is 0. The van der Waals surface area contributed by atoms with E-state index >= 15 is 0 Å². The average molecular weight is 367 g/mol. The standard InChI is InChI=1S/C19H34N4O3/c1-15(17(24)23-11-13-26-14-12-23)21-7-9-22(10-8-21)18(25)16-5-3-4-6-19(16,2)20/h15-16H,3-14,20H2,1-2H3. The summed E-state index contributed by atoms with van der Waals surface area (Å²) in [5.41, 5.74) is 6.03. The van der Waals surface area contributed by atoms with Crippen LogP contribution in [0, 0.1) is 5.92 Å². The van der Waals surface area contributed by atoms with Gasteiger partial charge in [0, 0.05) is 44.8 Å². The van der Waals surface area contributed by atoms with Gasteiger partial charge in [0.15, 0.2) is 0 Å². The zero-order valence-corrected chi connectivity index (χ0v) is 16.3. The highest BCUT2D eigenvalue weighted by Gasteiger charge is 2.41. The van der Waals surface area contributed by atoms with Gasteiger partial charge < -0.3 is 20.3 Å². The smallest absolute Gasteiger partial charge is 0.239 e. The molecule has 148 valence electrons. The van der Waals surface area contributed by atoms with Crippen molar-refractivity contribution in [1.29, 1.82) is 0 Å². The maximum Gasteiger partial charge on any atom is 0.239 e. The monoisotopic (exact) mass is 366 g/mol. The zero-order chi connectivity index (χ0) is 18.7.